The minimum atomic E-state index is -0.918. The van der Waals surface area contributed by atoms with Crippen molar-refractivity contribution in [2.75, 3.05) is 16.8 Å². The van der Waals surface area contributed by atoms with Crippen LogP contribution in [0.5, 0.6) is 0 Å². The predicted molar refractivity (Wildman–Crippen MR) is 84.3 cm³/mol. The summed E-state index contributed by atoms with van der Waals surface area (Å²) in [6.07, 6.45) is 0.0688. The van der Waals surface area contributed by atoms with Gasteiger partial charge in [-0.1, -0.05) is 18.2 Å². The maximum Gasteiger partial charge on any atom is 0.308 e. The number of hydrogen-bond donors (Lipinski definition) is 2. The zero-order valence-electron chi connectivity index (χ0n) is 11.9. The van der Waals surface area contributed by atoms with Crippen molar-refractivity contribution >= 4 is 28.9 Å². The molecule has 0 saturated carbocycles. The van der Waals surface area contributed by atoms with Crippen LogP contribution >= 0.6 is 0 Å². The van der Waals surface area contributed by atoms with E-state index in [-0.39, 0.29) is 18.9 Å². The Morgan fingerprint density at radius 3 is 2.27 bits per heavy atom. The monoisotopic (exact) mass is 296 g/mol. The molecule has 0 spiro atoms. The number of nitrogens with zero attached hydrogens (tertiary/aromatic N) is 1. The van der Waals surface area contributed by atoms with Crippen molar-refractivity contribution in [3.05, 3.63) is 54.6 Å². The fourth-order valence-electron chi connectivity index (χ4n) is 2.54. The van der Waals surface area contributed by atoms with E-state index in [4.69, 9.17) is 5.11 Å². The van der Waals surface area contributed by atoms with Crippen LogP contribution in [0.25, 0.3) is 0 Å². The third kappa shape index (κ3) is 2.93. The maximum absolute atomic E-state index is 11.9. The Kier molecular flexibility index (Phi) is 3.78. The zero-order chi connectivity index (χ0) is 15.5. The average Bonchev–Trinajstić information content (AvgIpc) is 2.91. The standard InChI is InChI=1S/C17H16N2O3/c20-16-10-12(17(21)22)11-19(16)15-8-6-14(7-9-15)18-13-4-2-1-3-5-13/h1-9,12,18H,10-11H2,(H,21,22). The number of para-hydroxylation sites is 1. The van der Waals surface area contributed by atoms with Gasteiger partial charge >= 0.3 is 5.97 Å². The van der Waals surface area contributed by atoms with Crippen LogP contribution in [0.1, 0.15) is 6.42 Å². The summed E-state index contributed by atoms with van der Waals surface area (Å²) in [5.41, 5.74) is 2.63. The number of carbonyl (C=O) groups is 2. The van der Waals surface area contributed by atoms with Gasteiger partial charge in [0, 0.05) is 30.0 Å². The summed E-state index contributed by atoms with van der Waals surface area (Å²) in [6, 6.07) is 17.2. The molecule has 22 heavy (non-hydrogen) atoms. The number of aliphatic carboxylic acids is 1. The van der Waals surface area contributed by atoms with E-state index in [9.17, 15) is 9.59 Å². The highest BCUT2D eigenvalue weighted by Gasteiger charge is 2.34. The van der Waals surface area contributed by atoms with Gasteiger partial charge in [-0.05, 0) is 36.4 Å². The van der Waals surface area contributed by atoms with E-state index in [1.54, 1.807) is 0 Å². The molecule has 2 N–H and O–H groups in total. The lowest BCUT2D eigenvalue weighted by atomic mass is 10.1. The first kappa shape index (κ1) is 14.1. The SMILES string of the molecule is O=C(O)C1CC(=O)N(c2ccc(Nc3ccccc3)cc2)C1. The third-order valence-corrected chi connectivity index (χ3v) is 3.72. The summed E-state index contributed by atoms with van der Waals surface area (Å²) in [6.45, 7) is 0.236. The molecule has 5 heteroatoms. The van der Waals surface area contributed by atoms with Gasteiger partial charge in [-0.2, -0.15) is 0 Å². The Balaban J connectivity index is 1.72. The van der Waals surface area contributed by atoms with Crippen LogP contribution in [0.4, 0.5) is 17.1 Å². The van der Waals surface area contributed by atoms with Crippen molar-refractivity contribution in [1.29, 1.82) is 0 Å². The van der Waals surface area contributed by atoms with Gasteiger partial charge in [0.25, 0.3) is 0 Å². The summed E-state index contributed by atoms with van der Waals surface area (Å²) < 4.78 is 0. The Labute approximate surface area is 128 Å². The van der Waals surface area contributed by atoms with Crippen molar-refractivity contribution < 1.29 is 14.7 Å². The lowest BCUT2D eigenvalue weighted by molar-refractivity contribution is -0.141. The maximum atomic E-state index is 11.9. The predicted octanol–water partition coefficient (Wildman–Crippen LogP) is 2.87. The normalized spacial score (nSPS) is 17.5. The molecule has 2 aromatic carbocycles. The highest BCUT2D eigenvalue weighted by molar-refractivity contribution is 5.99. The van der Waals surface area contributed by atoms with Gasteiger partial charge in [0.2, 0.25) is 5.91 Å². The number of rotatable bonds is 4. The number of carboxylic acids is 1. The van der Waals surface area contributed by atoms with Gasteiger partial charge in [0.1, 0.15) is 0 Å². The van der Waals surface area contributed by atoms with E-state index < -0.39 is 11.9 Å². The molecular formula is C17H16N2O3. The number of benzene rings is 2. The van der Waals surface area contributed by atoms with Gasteiger partial charge in [-0.25, -0.2) is 0 Å². The van der Waals surface area contributed by atoms with Crippen LogP contribution in [0.3, 0.4) is 0 Å². The average molecular weight is 296 g/mol. The van der Waals surface area contributed by atoms with Gasteiger partial charge in [-0.15, -0.1) is 0 Å². The number of carbonyl (C=O) groups excluding carboxylic acids is 1. The molecule has 1 aliphatic rings. The van der Waals surface area contributed by atoms with Gasteiger partial charge in [0.15, 0.2) is 0 Å². The fraction of sp³-hybridized carbons (Fsp3) is 0.176. The molecule has 5 nitrogen and oxygen atoms in total. The van der Waals surface area contributed by atoms with Crippen molar-refractivity contribution in [2.45, 2.75) is 6.42 Å². The topological polar surface area (TPSA) is 69.6 Å². The summed E-state index contributed by atoms with van der Waals surface area (Å²) >= 11 is 0. The van der Waals surface area contributed by atoms with Crippen LogP contribution in [0.2, 0.25) is 0 Å². The Morgan fingerprint density at radius 1 is 1.05 bits per heavy atom. The molecule has 0 aromatic heterocycles. The highest BCUT2D eigenvalue weighted by atomic mass is 16.4. The molecule has 1 amide bonds. The van der Waals surface area contributed by atoms with Crippen LogP contribution < -0.4 is 10.2 Å². The number of nitrogens with one attached hydrogen (secondary N) is 1. The number of anilines is 3. The van der Waals surface area contributed by atoms with E-state index >= 15 is 0 Å². The smallest absolute Gasteiger partial charge is 0.308 e. The van der Waals surface area contributed by atoms with E-state index in [0.717, 1.165) is 17.1 Å². The molecule has 1 saturated heterocycles. The molecule has 1 unspecified atom stereocenters. The Morgan fingerprint density at radius 2 is 1.68 bits per heavy atom. The molecular weight excluding hydrogens is 280 g/mol. The van der Waals surface area contributed by atoms with Gasteiger partial charge in [0.05, 0.1) is 5.92 Å². The Bertz CT molecular complexity index is 683. The third-order valence-electron chi connectivity index (χ3n) is 3.72. The number of amides is 1. The van der Waals surface area contributed by atoms with Crippen LogP contribution in [0.15, 0.2) is 54.6 Å². The Hall–Kier alpha value is -2.82. The summed E-state index contributed by atoms with van der Waals surface area (Å²) in [5, 5.41) is 12.3. The molecule has 2 aromatic rings. The second-order valence-electron chi connectivity index (χ2n) is 5.28. The lowest BCUT2D eigenvalue weighted by Gasteiger charge is -2.16. The van der Waals surface area contributed by atoms with Crippen LogP contribution in [-0.4, -0.2) is 23.5 Å². The van der Waals surface area contributed by atoms with E-state index in [1.807, 2.05) is 54.6 Å². The number of hydrogen-bond acceptors (Lipinski definition) is 3. The number of carboxylic acid groups (broad SMARTS) is 1. The second-order valence-corrected chi connectivity index (χ2v) is 5.28. The summed E-state index contributed by atoms with van der Waals surface area (Å²) in [7, 11) is 0. The van der Waals surface area contributed by atoms with Crippen LogP contribution in [0, 0.1) is 5.92 Å². The largest absolute Gasteiger partial charge is 0.481 e. The second kappa shape index (κ2) is 5.89. The van der Waals surface area contributed by atoms with Crippen molar-refractivity contribution in [2.24, 2.45) is 5.92 Å². The minimum Gasteiger partial charge on any atom is -0.481 e. The fourth-order valence-corrected chi connectivity index (χ4v) is 2.54. The van der Waals surface area contributed by atoms with Crippen molar-refractivity contribution in [3.63, 3.8) is 0 Å². The van der Waals surface area contributed by atoms with Crippen molar-refractivity contribution in [3.8, 4) is 0 Å². The van der Waals surface area contributed by atoms with E-state index in [1.165, 1.54) is 4.90 Å². The summed E-state index contributed by atoms with van der Waals surface area (Å²) in [4.78, 5) is 24.4. The molecule has 0 bridgehead atoms. The summed E-state index contributed by atoms with van der Waals surface area (Å²) in [5.74, 6) is -1.68. The van der Waals surface area contributed by atoms with Crippen LogP contribution in [-0.2, 0) is 9.59 Å². The molecule has 112 valence electrons. The van der Waals surface area contributed by atoms with Gasteiger partial charge in [-0.3, -0.25) is 9.59 Å². The first-order valence-corrected chi connectivity index (χ1v) is 7.09. The first-order valence-electron chi connectivity index (χ1n) is 7.09. The molecule has 0 radical (unpaired) electrons. The molecule has 1 heterocycles. The molecule has 1 fully saturated rings. The minimum absolute atomic E-state index is 0.0688. The molecule has 0 aliphatic carbocycles. The van der Waals surface area contributed by atoms with E-state index in [0.29, 0.717) is 0 Å². The van der Waals surface area contributed by atoms with Gasteiger partial charge < -0.3 is 15.3 Å². The van der Waals surface area contributed by atoms with Crippen molar-refractivity contribution in [1.82, 2.24) is 0 Å². The quantitative estimate of drug-likeness (QED) is 0.910. The van der Waals surface area contributed by atoms with E-state index in [2.05, 4.69) is 5.32 Å². The molecule has 3 rings (SSSR count). The zero-order valence-corrected chi connectivity index (χ0v) is 11.9. The molecule has 1 atom stereocenters. The lowest BCUT2D eigenvalue weighted by Crippen LogP contribution is -2.25. The first-order chi connectivity index (χ1) is 10.6. The molecule has 1 aliphatic heterocycles. The highest BCUT2D eigenvalue weighted by Crippen LogP contribution is 2.27.